The van der Waals surface area contributed by atoms with Gasteiger partial charge in [-0.25, -0.2) is 19.6 Å². The molecule has 1 aliphatic rings. The minimum atomic E-state index is -0.148. The number of ether oxygens (including phenoxy) is 1. The Labute approximate surface area is 195 Å². The Morgan fingerprint density at radius 1 is 1.15 bits per heavy atom. The quantitative estimate of drug-likeness (QED) is 0.465. The first-order chi connectivity index (χ1) is 16.6. The number of nitrogens with zero attached hydrogens (tertiary/aromatic N) is 7. The second-order valence-corrected chi connectivity index (χ2v) is 7.80. The van der Waals surface area contributed by atoms with Crippen LogP contribution in [0.25, 0.3) is 16.7 Å². The maximum absolute atomic E-state index is 13.3. The van der Waals surface area contributed by atoms with E-state index in [0.29, 0.717) is 48.7 Å². The van der Waals surface area contributed by atoms with Gasteiger partial charge in [-0.15, -0.1) is 0 Å². The summed E-state index contributed by atoms with van der Waals surface area (Å²) >= 11 is 0. The van der Waals surface area contributed by atoms with Crippen molar-refractivity contribution in [3.8, 4) is 17.7 Å². The molecular formula is C24H22N8O2. The Morgan fingerprint density at radius 2 is 2.00 bits per heavy atom. The molecule has 0 bridgehead atoms. The van der Waals surface area contributed by atoms with E-state index in [9.17, 15) is 4.79 Å². The van der Waals surface area contributed by atoms with Crippen LogP contribution in [0.5, 0.6) is 0 Å². The number of nitrogen functional groups attached to an aromatic ring is 1. The number of morpholine rings is 1. The number of anilines is 1. The molecule has 4 heterocycles. The molecule has 1 aliphatic heterocycles. The maximum atomic E-state index is 13.3. The lowest BCUT2D eigenvalue weighted by Gasteiger charge is -2.26. The predicted octanol–water partition coefficient (Wildman–Crippen LogP) is 1.82. The molecule has 0 spiro atoms. The zero-order chi connectivity index (χ0) is 23.5. The van der Waals surface area contributed by atoms with E-state index in [4.69, 9.17) is 10.5 Å². The molecule has 0 radical (unpaired) electrons. The summed E-state index contributed by atoms with van der Waals surface area (Å²) < 4.78 is 6.99. The third-order valence-electron chi connectivity index (χ3n) is 5.54. The van der Waals surface area contributed by atoms with Gasteiger partial charge in [0, 0.05) is 42.5 Å². The fourth-order valence-corrected chi connectivity index (χ4v) is 3.75. The first-order valence-electron chi connectivity index (χ1n) is 10.9. The lowest BCUT2D eigenvalue weighted by Crippen LogP contribution is -2.41. The molecule has 5 rings (SSSR count). The van der Waals surface area contributed by atoms with Crippen molar-refractivity contribution in [2.45, 2.75) is 12.8 Å². The van der Waals surface area contributed by atoms with Crippen LogP contribution in [0.3, 0.4) is 0 Å². The van der Waals surface area contributed by atoms with Crippen molar-refractivity contribution < 1.29 is 9.53 Å². The van der Waals surface area contributed by atoms with E-state index in [2.05, 4.69) is 36.9 Å². The molecule has 0 saturated carbocycles. The molecule has 34 heavy (non-hydrogen) atoms. The van der Waals surface area contributed by atoms with Crippen LogP contribution in [-0.2, 0) is 4.74 Å². The van der Waals surface area contributed by atoms with E-state index in [0.717, 1.165) is 11.3 Å². The molecule has 10 heteroatoms. The molecule has 1 atom stereocenters. The molecular weight excluding hydrogens is 432 g/mol. The summed E-state index contributed by atoms with van der Waals surface area (Å²) in [5.74, 6) is 6.81. The molecule has 170 valence electrons. The zero-order valence-corrected chi connectivity index (χ0v) is 18.5. The molecule has 4 aromatic rings. The molecule has 1 unspecified atom stereocenters. The van der Waals surface area contributed by atoms with E-state index >= 15 is 0 Å². The van der Waals surface area contributed by atoms with Crippen LogP contribution in [-0.4, -0.2) is 66.8 Å². The lowest BCUT2D eigenvalue weighted by molar-refractivity contribution is 0.0300. The summed E-state index contributed by atoms with van der Waals surface area (Å²) in [5, 5.41) is 5.34. The van der Waals surface area contributed by atoms with Gasteiger partial charge in [0.05, 0.1) is 30.3 Å². The van der Waals surface area contributed by atoms with Crippen molar-refractivity contribution in [2.24, 2.45) is 0 Å². The minimum Gasteiger partial charge on any atom is -0.378 e. The summed E-state index contributed by atoms with van der Waals surface area (Å²) in [6.45, 7) is 4.06. The highest BCUT2D eigenvalue weighted by Gasteiger charge is 2.25. The number of rotatable bonds is 3. The van der Waals surface area contributed by atoms with Crippen molar-refractivity contribution in [2.75, 3.05) is 32.0 Å². The number of fused-ring (bicyclic) bond motifs is 1. The Balaban J connectivity index is 1.57. The Bertz CT molecular complexity index is 1400. The largest absolute Gasteiger partial charge is 0.378 e. The highest BCUT2D eigenvalue weighted by Crippen LogP contribution is 2.24. The summed E-state index contributed by atoms with van der Waals surface area (Å²) in [7, 11) is 0. The minimum absolute atomic E-state index is 0.0660. The number of benzene rings is 1. The van der Waals surface area contributed by atoms with E-state index in [-0.39, 0.29) is 17.8 Å². The van der Waals surface area contributed by atoms with Crippen LogP contribution in [0.15, 0.2) is 49.1 Å². The van der Waals surface area contributed by atoms with Gasteiger partial charge >= 0.3 is 0 Å². The number of carbonyl (C=O) groups excluding carboxylic acids is 1. The fourth-order valence-electron chi connectivity index (χ4n) is 3.75. The molecule has 1 saturated heterocycles. The molecule has 3 aromatic heterocycles. The summed E-state index contributed by atoms with van der Waals surface area (Å²) in [5.41, 5.74) is 8.49. The van der Waals surface area contributed by atoms with Gasteiger partial charge in [-0.05, 0) is 31.2 Å². The number of nitrogens with two attached hydrogens (primary N) is 1. The topological polar surface area (TPSA) is 125 Å². The summed E-state index contributed by atoms with van der Waals surface area (Å²) in [4.78, 5) is 31.5. The average Bonchev–Trinajstić information content (AvgIpc) is 3.27. The van der Waals surface area contributed by atoms with Crippen molar-refractivity contribution in [1.29, 1.82) is 0 Å². The van der Waals surface area contributed by atoms with E-state index in [1.165, 1.54) is 6.33 Å². The number of aromatic nitrogens is 6. The average molecular weight is 454 g/mol. The molecule has 2 N–H and O–H groups in total. The standard InChI is InChI=1S/C24H22N8O2/c1-16(19-6-8-26-15-28-19)2-3-17-4-5-18-20(14-17)32(21-7-9-27-24(25)29-21)30-22(18)23(33)31-10-12-34-13-11-31/h4-9,14-16H,10-13H2,1H3,(H2,25,27,29). The second kappa shape index (κ2) is 9.25. The first kappa shape index (κ1) is 21.5. The van der Waals surface area contributed by atoms with Gasteiger partial charge in [-0.2, -0.15) is 10.1 Å². The van der Waals surface area contributed by atoms with Gasteiger partial charge in [-0.1, -0.05) is 11.8 Å². The zero-order valence-electron chi connectivity index (χ0n) is 18.5. The smallest absolute Gasteiger partial charge is 0.275 e. The molecule has 1 fully saturated rings. The monoisotopic (exact) mass is 454 g/mol. The molecule has 10 nitrogen and oxygen atoms in total. The molecule has 0 aliphatic carbocycles. The fraction of sp³-hybridized carbons (Fsp3) is 0.250. The van der Waals surface area contributed by atoms with Crippen LogP contribution >= 0.6 is 0 Å². The SMILES string of the molecule is CC(C#Cc1ccc2c(C(=O)N3CCOCC3)nn(-c3ccnc(N)n3)c2c1)c1ccncn1. The number of carbonyl (C=O) groups is 1. The summed E-state index contributed by atoms with van der Waals surface area (Å²) in [6.07, 6.45) is 4.77. The Kier molecular flexibility index (Phi) is 5.84. The Hall–Kier alpha value is -4.36. The Morgan fingerprint density at radius 3 is 2.76 bits per heavy atom. The van der Waals surface area contributed by atoms with Crippen molar-refractivity contribution >= 4 is 22.8 Å². The van der Waals surface area contributed by atoms with Crippen molar-refractivity contribution in [1.82, 2.24) is 34.6 Å². The van der Waals surface area contributed by atoms with Gasteiger partial charge < -0.3 is 15.4 Å². The van der Waals surface area contributed by atoms with Gasteiger partial charge in [-0.3, -0.25) is 4.79 Å². The van der Waals surface area contributed by atoms with E-state index in [1.807, 2.05) is 31.2 Å². The normalized spacial score (nSPS) is 14.4. The summed E-state index contributed by atoms with van der Waals surface area (Å²) in [6, 6.07) is 9.20. The number of amides is 1. The van der Waals surface area contributed by atoms with Gasteiger partial charge in [0.1, 0.15) is 6.33 Å². The van der Waals surface area contributed by atoms with Crippen LogP contribution in [0, 0.1) is 11.8 Å². The van der Waals surface area contributed by atoms with Crippen molar-refractivity contribution in [3.63, 3.8) is 0 Å². The van der Waals surface area contributed by atoms with Crippen LogP contribution in [0.4, 0.5) is 5.95 Å². The second-order valence-electron chi connectivity index (χ2n) is 7.80. The highest BCUT2D eigenvalue weighted by molar-refractivity contribution is 6.05. The molecule has 1 amide bonds. The van der Waals surface area contributed by atoms with Crippen molar-refractivity contribution in [3.05, 3.63) is 66.0 Å². The third-order valence-corrected chi connectivity index (χ3v) is 5.54. The van der Waals surface area contributed by atoms with E-state index in [1.54, 1.807) is 28.0 Å². The van der Waals surface area contributed by atoms with Gasteiger partial charge in [0.2, 0.25) is 5.95 Å². The van der Waals surface area contributed by atoms with Crippen LogP contribution in [0.1, 0.15) is 34.6 Å². The molecule has 1 aromatic carbocycles. The van der Waals surface area contributed by atoms with Crippen LogP contribution < -0.4 is 5.73 Å². The van der Waals surface area contributed by atoms with Crippen LogP contribution in [0.2, 0.25) is 0 Å². The highest BCUT2D eigenvalue weighted by atomic mass is 16.5. The number of hydrogen-bond acceptors (Lipinski definition) is 8. The van der Waals surface area contributed by atoms with E-state index < -0.39 is 0 Å². The van der Waals surface area contributed by atoms with Gasteiger partial charge in [0.15, 0.2) is 11.5 Å². The third kappa shape index (κ3) is 4.29. The predicted molar refractivity (Wildman–Crippen MR) is 125 cm³/mol. The van der Waals surface area contributed by atoms with Gasteiger partial charge in [0.25, 0.3) is 5.91 Å². The first-order valence-corrected chi connectivity index (χ1v) is 10.9. The maximum Gasteiger partial charge on any atom is 0.275 e. The number of hydrogen-bond donors (Lipinski definition) is 1. The lowest BCUT2D eigenvalue weighted by atomic mass is 10.1.